The fraction of sp³-hybridized carbons (Fsp3) is 0.400. The van der Waals surface area contributed by atoms with Gasteiger partial charge in [0.2, 0.25) is 0 Å². The molecule has 0 spiro atoms. The third kappa shape index (κ3) is 3.49. The van der Waals surface area contributed by atoms with Crippen LogP contribution in [0.2, 0.25) is 0 Å². The molecule has 0 bridgehead atoms. The molecule has 0 amide bonds. The second-order valence-corrected chi connectivity index (χ2v) is 5.46. The van der Waals surface area contributed by atoms with Gasteiger partial charge in [-0.3, -0.25) is 0 Å². The van der Waals surface area contributed by atoms with Crippen molar-refractivity contribution < 1.29 is 9.47 Å². The molecule has 0 unspecified atom stereocenters. The average Bonchev–Trinajstić information content (AvgIpc) is 2.87. The zero-order chi connectivity index (χ0) is 13.6. The maximum Gasteiger partial charge on any atom is 0.161 e. The van der Waals surface area contributed by atoms with E-state index in [9.17, 15) is 0 Å². The van der Waals surface area contributed by atoms with Crippen molar-refractivity contribution in [3.05, 3.63) is 40.3 Å². The minimum absolute atomic E-state index is 0.730. The van der Waals surface area contributed by atoms with Crippen LogP contribution in [0.5, 0.6) is 11.5 Å². The van der Waals surface area contributed by atoms with Gasteiger partial charge in [0, 0.05) is 31.3 Å². The Hall–Kier alpha value is -1.59. The molecule has 1 aliphatic rings. The molecule has 106 valence electrons. The molecule has 0 fully saturated rings. The summed E-state index contributed by atoms with van der Waals surface area (Å²) in [5.74, 6) is 1.72. The molecule has 20 heavy (non-hydrogen) atoms. The summed E-state index contributed by atoms with van der Waals surface area (Å²) in [4.78, 5) is 4.27. The minimum Gasteiger partial charge on any atom is -0.490 e. The zero-order valence-corrected chi connectivity index (χ0v) is 12.1. The Morgan fingerprint density at radius 3 is 2.95 bits per heavy atom. The van der Waals surface area contributed by atoms with Gasteiger partial charge in [0.1, 0.15) is 0 Å². The van der Waals surface area contributed by atoms with Gasteiger partial charge in [-0.2, -0.15) is 0 Å². The van der Waals surface area contributed by atoms with Crippen LogP contribution in [-0.4, -0.2) is 24.7 Å². The van der Waals surface area contributed by atoms with Crippen LogP contribution in [0.4, 0.5) is 0 Å². The van der Waals surface area contributed by atoms with Crippen molar-refractivity contribution in [3.63, 3.8) is 0 Å². The Morgan fingerprint density at radius 1 is 1.20 bits per heavy atom. The van der Waals surface area contributed by atoms with Gasteiger partial charge in [-0.25, -0.2) is 4.98 Å². The molecule has 1 aromatic heterocycles. The predicted molar refractivity (Wildman–Crippen MR) is 79.6 cm³/mol. The van der Waals surface area contributed by atoms with E-state index in [1.807, 2.05) is 11.6 Å². The topological polar surface area (TPSA) is 43.4 Å². The highest BCUT2D eigenvalue weighted by Crippen LogP contribution is 2.30. The van der Waals surface area contributed by atoms with Crippen LogP contribution in [0.1, 0.15) is 17.7 Å². The summed E-state index contributed by atoms with van der Waals surface area (Å²) in [5, 5.41) is 5.52. The normalized spacial score (nSPS) is 14.0. The van der Waals surface area contributed by atoms with E-state index in [4.69, 9.17) is 9.47 Å². The number of aromatic nitrogens is 1. The molecular formula is C15H18N2O2S. The van der Waals surface area contributed by atoms with Crippen molar-refractivity contribution in [1.82, 2.24) is 10.3 Å². The first-order valence-corrected chi connectivity index (χ1v) is 7.82. The summed E-state index contributed by atoms with van der Waals surface area (Å²) >= 11 is 1.64. The maximum atomic E-state index is 5.69. The van der Waals surface area contributed by atoms with Crippen LogP contribution >= 0.6 is 11.3 Å². The Balaban J connectivity index is 1.51. The van der Waals surface area contributed by atoms with E-state index in [2.05, 4.69) is 27.8 Å². The Labute approximate surface area is 122 Å². The van der Waals surface area contributed by atoms with Gasteiger partial charge in [-0.05, 0) is 17.7 Å². The number of nitrogens with one attached hydrogen (secondary N) is 1. The number of fused-ring (bicyclic) bond motifs is 1. The number of hydrogen-bond donors (Lipinski definition) is 1. The van der Waals surface area contributed by atoms with E-state index in [-0.39, 0.29) is 0 Å². The third-order valence-electron chi connectivity index (χ3n) is 3.18. The molecule has 1 aromatic carbocycles. The molecule has 1 aliphatic heterocycles. The van der Waals surface area contributed by atoms with Crippen molar-refractivity contribution >= 4 is 11.3 Å². The smallest absolute Gasteiger partial charge is 0.161 e. The lowest BCUT2D eigenvalue weighted by molar-refractivity contribution is 0.297. The van der Waals surface area contributed by atoms with Gasteiger partial charge in [0.15, 0.2) is 11.5 Å². The first kappa shape index (κ1) is 13.4. The summed E-state index contributed by atoms with van der Waals surface area (Å²) in [6, 6.07) is 6.15. The maximum absolute atomic E-state index is 5.69. The fourth-order valence-corrected chi connectivity index (χ4v) is 2.72. The standard InChI is InChI=1S/C15H18N2O2S/c1-6-18-14-3-2-12(8-15(14)19-7-1)9-16-5-4-13-10-20-11-17-13/h2-3,8,10-11,16H,1,4-7,9H2. The molecule has 2 heterocycles. The van der Waals surface area contributed by atoms with Gasteiger partial charge in [0.05, 0.1) is 24.4 Å². The lowest BCUT2D eigenvalue weighted by Crippen LogP contribution is -2.16. The van der Waals surface area contributed by atoms with Crippen molar-refractivity contribution in [2.75, 3.05) is 19.8 Å². The van der Waals surface area contributed by atoms with E-state index in [1.54, 1.807) is 11.3 Å². The van der Waals surface area contributed by atoms with Gasteiger partial charge in [0.25, 0.3) is 0 Å². The third-order valence-corrected chi connectivity index (χ3v) is 3.82. The van der Waals surface area contributed by atoms with Crippen LogP contribution in [0.3, 0.4) is 0 Å². The van der Waals surface area contributed by atoms with Crippen molar-refractivity contribution in [3.8, 4) is 11.5 Å². The van der Waals surface area contributed by atoms with E-state index >= 15 is 0 Å². The monoisotopic (exact) mass is 290 g/mol. The van der Waals surface area contributed by atoms with Crippen molar-refractivity contribution in [2.24, 2.45) is 0 Å². The number of ether oxygens (including phenoxy) is 2. The molecule has 0 aliphatic carbocycles. The van der Waals surface area contributed by atoms with Crippen LogP contribution in [0.25, 0.3) is 0 Å². The van der Waals surface area contributed by atoms with Crippen molar-refractivity contribution in [1.29, 1.82) is 0 Å². The Morgan fingerprint density at radius 2 is 2.10 bits per heavy atom. The number of hydrogen-bond acceptors (Lipinski definition) is 5. The van der Waals surface area contributed by atoms with Gasteiger partial charge < -0.3 is 14.8 Å². The molecule has 3 rings (SSSR count). The van der Waals surface area contributed by atoms with E-state index in [1.165, 1.54) is 5.56 Å². The highest BCUT2D eigenvalue weighted by molar-refractivity contribution is 7.07. The first-order valence-electron chi connectivity index (χ1n) is 6.88. The second-order valence-electron chi connectivity index (χ2n) is 4.74. The van der Waals surface area contributed by atoms with Crippen molar-refractivity contribution in [2.45, 2.75) is 19.4 Å². The summed E-state index contributed by atoms with van der Waals surface area (Å²) in [5.41, 5.74) is 4.24. The second kappa shape index (κ2) is 6.72. The van der Waals surface area contributed by atoms with Gasteiger partial charge >= 0.3 is 0 Å². The molecular weight excluding hydrogens is 272 g/mol. The lowest BCUT2D eigenvalue weighted by Gasteiger charge is -2.10. The van der Waals surface area contributed by atoms with E-state index in [0.717, 1.165) is 56.3 Å². The van der Waals surface area contributed by atoms with E-state index in [0.29, 0.717) is 0 Å². The van der Waals surface area contributed by atoms with E-state index < -0.39 is 0 Å². The summed E-state index contributed by atoms with van der Waals surface area (Å²) < 4.78 is 11.3. The summed E-state index contributed by atoms with van der Waals surface area (Å²) in [7, 11) is 0. The van der Waals surface area contributed by atoms with Crippen LogP contribution in [0.15, 0.2) is 29.1 Å². The number of benzene rings is 1. The fourth-order valence-electron chi connectivity index (χ4n) is 2.13. The molecule has 1 N–H and O–H groups in total. The Bertz CT molecular complexity index is 543. The number of rotatable bonds is 5. The van der Waals surface area contributed by atoms with Gasteiger partial charge in [-0.1, -0.05) is 6.07 Å². The lowest BCUT2D eigenvalue weighted by atomic mass is 10.2. The average molecular weight is 290 g/mol. The quantitative estimate of drug-likeness (QED) is 0.860. The SMILES string of the molecule is c1nc(CCNCc2ccc3c(c2)OCCCO3)cs1. The summed E-state index contributed by atoms with van der Waals surface area (Å²) in [6.07, 6.45) is 1.91. The van der Waals surface area contributed by atoms with Crippen LogP contribution < -0.4 is 14.8 Å². The van der Waals surface area contributed by atoms with Gasteiger partial charge in [-0.15, -0.1) is 11.3 Å². The molecule has 0 saturated carbocycles. The highest BCUT2D eigenvalue weighted by atomic mass is 32.1. The Kier molecular flexibility index (Phi) is 4.50. The number of nitrogens with zero attached hydrogens (tertiary/aromatic N) is 1. The largest absolute Gasteiger partial charge is 0.490 e. The first-order chi connectivity index (χ1) is 9.92. The minimum atomic E-state index is 0.730. The highest BCUT2D eigenvalue weighted by Gasteiger charge is 2.10. The zero-order valence-electron chi connectivity index (χ0n) is 11.3. The molecule has 5 heteroatoms. The molecule has 0 radical (unpaired) electrons. The molecule has 2 aromatic rings. The van der Waals surface area contributed by atoms with Crippen LogP contribution in [0, 0.1) is 0 Å². The van der Waals surface area contributed by atoms with Crippen LogP contribution in [-0.2, 0) is 13.0 Å². The molecule has 0 saturated heterocycles. The molecule has 4 nitrogen and oxygen atoms in total. The summed E-state index contributed by atoms with van der Waals surface area (Å²) in [6.45, 7) is 3.23. The predicted octanol–water partition coefficient (Wildman–Crippen LogP) is 2.64. The number of thiazole rings is 1. The molecule has 0 atom stereocenters.